The van der Waals surface area contributed by atoms with Crippen molar-refractivity contribution in [2.45, 2.75) is 0 Å². The van der Waals surface area contributed by atoms with Crippen LogP contribution in [0.1, 0.15) is 0 Å². The zero-order valence-electron chi connectivity index (χ0n) is 38.2. The van der Waals surface area contributed by atoms with Crippen LogP contribution in [0.25, 0.3) is 144 Å². The minimum atomic E-state index is 0.554. The Kier molecular flexibility index (Phi) is 8.56. The molecule has 0 unspecified atom stereocenters. The third-order valence-electron chi connectivity index (χ3n) is 14.3. The van der Waals surface area contributed by atoms with Crippen LogP contribution in [0, 0.1) is 0 Å². The van der Waals surface area contributed by atoms with Crippen molar-refractivity contribution in [1.82, 2.24) is 24.1 Å². The number of benzene rings is 11. The van der Waals surface area contributed by atoms with Gasteiger partial charge in [0.15, 0.2) is 23.1 Å². The molecule has 6 heteroatoms. The molecule has 15 aromatic rings. The molecule has 71 heavy (non-hydrogen) atoms. The minimum Gasteiger partial charge on any atom is -0.454 e. The summed E-state index contributed by atoms with van der Waals surface area (Å²) < 4.78 is 11.8. The third-order valence-corrected chi connectivity index (χ3v) is 14.3. The Morgan fingerprint density at radius 2 is 0.859 bits per heavy atom. The molecule has 0 aliphatic heterocycles. The smallest absolute Gasteiger partial charge is 0.166 e. The second kappa shape index (κ2) is 15.4. The molecule has 0 spiro atoms. The maximum atomic E-state index is 7.09. The Balaban J connectivity index is 1.02. The molecule has 0 aliphatic carbocycles. The molecule has 0 N–H and O–H groups in total. The van der Waals surface area contributed by atoms with Crippen molar-refractivity contribution in [1.29, 1.82) is 0 Å². The highest BCUT2D eigenvalue weighted by atomic mass is 16.3. The van der Waals surface area contributed by atoms with Crippen molar-refractivity contribution in [3.63, 3.8) is 0 Å². The lowest BCUT2D eigenvalue weighted by Gasteiger charge is -2.14. The predicted octanol–water partition coefficient (Wildman–Crippen LogP) is 16.9. The number of fused-ring (bicyclic) bond motifs is 11. The highest BCUT2D eigenvalue weighted by Crippen LogP contribution is 2.45. The number of furan rings is 1. The average molecular weight is 906 g/mol. The van der Waals surface area contributed by atoms with Crippen molar-refractivity contribution in [3.8, 4) is 56.7 Å². The molecule has 15 rings (SSSR count). The first-order valence-electron chi connectivity index (χ1n) is 24.0. The standard InChI is InChI=1S/C65H39N5O/c1-3-16-40(17-4-1)41-30-32-42(33-31-41)63-66-64(68-65(67-63)52-27-15-26-49-48-24-11-13-28-55(48)69(61(49)52)47-22-5-2-6-23-47)51-34-35-56(62-60(51)50-25-12-14-29-59(50)71-62)70-57-38-45-20-9-7-18-43(45)36-53(57)54-37-44-19-8-10-21-46(44)39-58(54)70/h1-39H. The van der Waals surface area contributed by atoms with E-state index in [0.717, 1.165) is 94.0 Å². The van der Waals surface area contributed by atoms with Crippen LogP contribution < -0.4 is 0 Å². The van der Waals surface area contributed by atoms with E-state index < -0.39 is 0 Å². The summed E-state index contributed by atoms with van der Waals surface area (Å²) in [5, 5.41) is 11.3. The summed E-state index contributed by atoms with van der Waals surface area (Å²) in [7, 11) is 0. The van der Waals surface area contributed by atoms with E-state index in [1.54, 1.807) is 0 Å². The van der Waals surface area contributed by atoms with Gasteiger partial charge in [0.1, 0.15) is 5.58 Å². The summed E-state index contributed by atoms with van der Waals surface area (Å²) in [5.74, 6) is 1.71. The molecule has 0 bridgehead atoms. The summed E-state index contributed by atoms with van der Waals surface area (Å²) in [6, 6.07) is 83.8. The van der Waals surface area contributed by atoms with Gasteiger partial charge in [0.2, 0.25) is 0 Å². The van der Waals surface area contributed by atoms with Crippen LogP contribution in [0.15, 0.2) is 241 Å². The highest BCUT2D eigenvalue weighted by Gasteiger charge is 2.25. The SMILES string of the molecule is c1ccc(-c2ccc(-c3nc(-c4ccc(-n5c6cc7ccccc7cc6c6cc7ccccc7cc65)c5oc6ccccc6c45)nc(-c4cccc5c6ccccc6n(-c6ccccc6)c45)n3)cc2)cc1. The van der Waals surface area contributed by atoms with Gasteiger partial charge in [0.05, 0.1) is 27.8 Å². The Morgan fingerprint density at radius 1 is 0.324 bits per heavy atom. The van der Waals surface area contributed by atoms with Crippen molar-refractivity contribution in [2.75, 3.05) is 0 Å². The van der Waals surface area contributed by atoms with E-state index in [4.69, 9.17) is 19.4 Å². The summed E-state index contributed by atoms with van der Waals surface area (Å²) in [4.78, 5) is 16.4. The Labute approximate surface area is 407 Å². The van der Waals surface area contributed by atoms with Gasteiger partial charge in [0, 0.05) is 54.7 Å². The number of aromatic nitrogens is 5. The van der Waals surface area contributed by atoms with Crippen LogP contribution in [0.5, 0.6) is 0 Å². The number of nitrogens with zero attached hydrogens (tertiary/aromatic N) is 5. The van der Waals surface area contributed by atoms with Crippen LogP contribution in [-0.4, -0.2) is 24.1 Å². The van der Waals surface area contributed by atoms with Gasteiger partial charge in [-0.15, -0.1) is 0 Å². The van der Waals surface area contributed by atoms with Gasteiger partial charge in [-0.3, -0.25) is 0 Å². The highest BCUT2D eigenvalue weighted by molar-refractivity contribution is 6.20. The second-order valence-corrected chi connectivity index (χ2v) is 18.3. The van der Waals surface area contributed by atoms with E-state index in [1.807, 2.05) is 12.1 Å². The monoisotopic (exact) mass is 905 g/mol. The van der Waals surface area contributed by atoms with Crippen molar-refractivity contribution in [3.05, 3.63) is 237 Å². The Bertz CT molecular complexity index is 4530. The first-order valence-corrected chi connectivity index (χ1v) is 24.0. The first kappa shape index (κ1) is 39.4. The van der Waals surface area contributed by atoms with Gasteiger partial charge in [-0.2, -0.15) is 0 Å². The molecular weight excluding hydrogens is 867 g/mol. The van der Waals surface area contributed by atoms with Crippen molar-refractivity contribution < 1.29 is 4.42 Å². The fourth-order valence-corrected chi connectivity index (χ4v) is 11.1. The molecule has 0 amide bonds. The summed E-state index contributed by atoms with van der Waals surface area (Å²) in [5.41, 5.74) is 12.8. The molecule has 0 aliphatic rings. The predicted molar refractivity (Wildman–Crippen MR) is 293 cm³/mol. The lowest BCUT2D eigenvalue weighted by Crippen LogP contribution is -2.03. The molecule has 330 valence electrons. The zero-order valence-corrected chi connectivity index (χ0v) is 38.2. The molecule has 0 fully saturated rings. The van der Waals surface area contributed by atoms with Crippen LogP contribution in [-0.2, 0) is 0 Å². The minimum absolute atomic E-state index is 0.554. The van der Waals surface area contributed by atoms with E-state index in [2.05, 4.69) is 234 Å². The van der Waals surface area contributed by atoms with Crippen LogP contribution in [0.2, 0.25) is 0 Å². The molecule has 11 aromatic carbocycles. The van der Waals surface area contributed by atoms with Gasteiger partial charge in [-0.25, -0.2) is 15.0 Å². The third kappa shape index (κ3) is 6.11. The van der Waals surface area contributed by atoms with E-state index >= 15 is 0 Å². The molecule has 0 atom stereocenters. The molecule has 0 saturated carbocycles. The maximum absolute atomic E-state index is 7.09. The molecule has 4 heterocycles. The van der Waals surface area contributed by atoms with Crippen molar-refractivity contribution in [2.24, 2.45) is 0 Å². The zero-order chi connectivity index (χ0) is 46.6. The van der Waals surface area contributed by atoms with Crippen LogP contribution >= 0.6 is 0 Å². The number of hydrogen-bond donors (Lipinski definition) is 0. The normalized spacial score (nSPS) is 11.9. The molecule has 0 radical (unpaired) electrons. The maximum Gasteiger partial charge on any atom is 0.166 e. The Morgan fingerprint density at radius 3 is 1.56 bits per heavy atom. The quantitative estimate of drug-likeness (QED) is 0.167. The second-order valence-electron chi connectivity index (χ2n) is 18.3. The van der Waals surface area contributed by atoms with E-state index in [-0.39, 0.29) is 0 Å². The van der Waals surface area contributed by atoms with Gasteiger partial charge >= 0.3 is 0 Å². The average Bonchev–Trinajstić information content (AvgIpc) is 4.10. The molecule has 4 aromatic heterocycles. The van der Waals surface area contributed by atoms with E-state index in [0.29, 0.717) is 17.5 Å². The van der Waals surface area contributed by atoms with Crippen molar-refractivity contribution >= 4 is 87.1 Å². The number of hydrogen-bond acceptors (Lipinski definition) is 4. The molecule has 6 nitrogen and oxygen atoms in total. The lowest BCUT2D eigenvalue weighted by atomic mass is 10.0. The summed E-state index contributed by atoms with van der Waals surface area (Å²) in [6.07, 6.45) is 0. The van der Waals surface area contributed by atoms with Gasteiger partial charge in [-0.1, -0.05) is 170 Å². The summed E-state index contributed by atoms with van der Waals surface area (Å²) in [6.45, 7) is 0. The van der Waals surface area contributed by atoms with Gasteiger partial charge < -0.3 is 13.6 Å². The molecular formula is C65H39N5O. The van der Waals surface area contributed by atoms with Crippen LogP contribution in [0.4, 0.5) is 0 Å². The van der Waals surface area contributed by atoms with E-state index in [1.165, 1.54) is 32.3 Å². The lowest BCUT2D eigenvalue weighted by molar-refractivity contribution is 0.666. The van der Waals surface area contributed by atoms with Gasteiger partial charge in [-0.05, 0) is 99.4 Å². The number of para-hydroxylation sites is 4. The largest absolute Gasteiger partial charge is 0.454 e. The summed E-state index contributed by atoms with van der Waals surface area (Å²) >= 11 is 0. The fraction of sp³-hybridized carbons (Fsp3) is 0. The van der Waals surface area contributed by atoms with E-state index in [9.17, 15) is 0 Å². The topological polar surface area (TPSA) is 61.7 Å². The number of rotatable bonds is 6. The molecule has 0 saturated heterocycles. The van der Waals surface area contributed by atoms with Crippen LogP contribution in [0.3, 0.4) is 0 Å². The Hall–Kier alpha value is -9.65. The fourth-order valence-electron chi connectivity index (χ4n) is 11.1. The van der Waals surface area contributed by atoms with Gasteiger partial charge in [0.25, 0.3) is 0 Å². The first-order chi connectivity index (χ1) is 35.2.